The summed E-state index contributed by atoms with van der Waals surface area (Å²) in [5, 5.41) is 1.64. The topological polar surface area (TPSA) is 0 Å². The van der Waals surface area contributed by atoms with Crippen LogP contribution in [0.1, 0.15) is 79.1 Å². The van der Waals surface area contributed by atoms with Crippen molar-refractivity contribution in [3.05, 3.63) is 30.3 Å². The van der Waals surface area contributed by atoms with E-state index in [9.17, 15) is 0 Å². The second-order valence-electron chi connectivity index (χ2n) is 7.40. The Hall–Kier alpha value is 0.0800. The van der Waals surface area contributed by atoms with Gasteiger partial charge in [-0.2, -0.15) is 0 Å². The van der Waals surface area contributed by atoms with E-state index in [1.165, 1.54) is 59.9 Å². The molecule has 0 nitrogen and oxygen atoms in total. The molecular weight excluding hydrogens is 326 g/mol. The molecule has 0 saturated carbocycles. The Morgan fingerprint density at radius 3 is 1.62 bits per heavy atom. The van der Waals surface area contributed by atoms with E-state index in [0.717, 1.165) is 22.6 Å². The lowest BCUT2D eigenvalue weighted by atomic mass is 10.1. The van der Waals surface area contributed by atoms with Crippen molar-refractivity contribution in [1.82, 2.24) is 0 Å². The van der Waals surface area contributed by atoms with Crippen LogP contribution in [-0.4, -0.2) is 22.6 Å². The van der Waals surface area contributed by atoms with Crippen molar-refractivity contribution in [3.8, 4) is 0 Å². The summed E-state index contributed by atoms with van der Waals surface area (Å²) < 4.78 is 0. The van der Waals surface area contributed by atoms with Gasteiger partial charge in [-0.1, -0.05) is 65.9 Å². The van der Waals surface area contributed by atoms with Gasteiger partial charge in [-0.15, -0.1) is 8.58 Å². The first kappa shape index (κ1) is 20.4. The Morgan fingerprint density at radius 2 is 1.25 bits per heavy atom. The maximum absolute atomic E-state index is 2.36. The van der Waals surface area contributed by atoms with Crippen LogP contribution < -0.4 is 5.30 Å². The molecule has 1 aromatic rings. The molecule has 1 aromatic carbocycles. The van der Waals surface area contributed by atoms with E-state index in [2.05, 4.69) is 58.0 Å². The van der Waals surface area contributed by atoms with Crippen molar-refractivity contribution in [2.45, 2.75) is 102 Å². The van der Waals surface area contributed by atoms with Crippen LogP contribution in [0, 0.1) is 0 Å². The van der Waals surface area contributed by atoms with E-state index in [1.807, 2.05) is 0 Å². The molecule has 0 amide bonds. The Labute approximate surface area is 154 Å². The van der Waals surface area contributed by atoms with Crippen LogP contribution in [0.5, 0.6) is 0 Å². The van der Waals surface area contributed by atoms with Crippen LogP contribution in [-0.2, 0) is 0 Å². The molecule has 0 aromatic heterocycles. The Balaban J connectivity index is 0.000000198. The van der Waals surface area contributed by atoms with Gasteiger partial charge in [0.25, 0.3) is 0 Å². The van der Waals surface area contributed by atoms with Crippen molar-refractivity contribution in [2.75, 3.05) is 0 Å². The molecule has 0 bridgehead atoms. The lowest BCUT2D eigenvalue weighted by Gasteiger charge is -2.24. The molecule has 3 rings (SSSR count). The highest BCUT2D eigenvalue weighted by Crippen LogP contribution is 2.56. The molecular formula is C22H38P2. The van der Waals surface area contributed by atoms with Crippen LogP contribution in [0.2, 0.25) is 0 Å². The maximum atomic E-state index is 2.36. The zero-order valence-electron chi connectivity index (χ0n) is 16.3. The van der Waals surface area contributed by atoms with Gasteiger partial charge in [-0.25, -0.2) is 0 Å². The minimum absolute atomic E-state index is 0.133. The molecule has 0 radical (unpaired) electrons. The molecule has 136 valence electrons. The first-order valence-electron chi connectivity index (χ1n) is 10.3. The Kier molecular flexibility index (Phi) is 9.29. The minimum atomic E-state index is 0.133. The van der Waals surface area contributed by atoms with Crippen molar-refractivity contribution in [1.29, 1.82) is 0 Å². The highest BCUT2D eigenvalue weighted by atomic mass is 31.1. The standard InChI is InChI=1S/C14H21P.C8H17P/c1-3-12-10-11-13(4-2)15(12)14-8-6-5-7-9-14;1-3-7-5-6-8(4-2)9-7/h5-9,12-13H,3-4,10-11H2,1-2H3;7-9H,3-6H2,1-2H3/t12-,13-;7-,8-/m11/s1. The summed E-state index contributed by atoms with van der Waals surface area (Å²) in [7, 11) is 1.42. The molecule has 2 saturated heterocycles. The molecule has 0 aliphatic carbocycles. The fraction of sp³-hybridized carbons (Fsp3) is 0.727. The van der Waals surface area contributed by atoms with Crippen molar-refractivity contribution in [3.63, 3.8) is 0 Å². The monoisotopic (exact) mass is 364 g/mol. The van der Waals surface area contributed by atoms with Gasteiger partial charge in [-0.05, 0) is 79.3 Å². The normalized spacial score (nSPS) is 30.2. The Morgan fingerprint density at radius 1 is 0.750 bits per heavy atom. The van der Waals surface area contributed by atoms with E-state index in [1.54, 1.807) is 5.30 Å². The fourth-order valence-corrected chi connectivity index (χ4v) is 9.73. The average molecular weight is 364 g/mol. The van der Waals surface area contributed by atoms with E-state index in [-0.39, 0.29) is 7.92 Å². The number of rotatable bonds is 5. The van der Waals surface area contributed by atoms with Crippen molar-refractivity contribution in [2.24, 2.45) is 0 Å². The molecule has 0 unspecified atom stereocenters. The molecule has 2 aliphatic heterocycles. The van der Waals surface area contributed by atoms with E-state index < -0.39 is 0 Å². The summed E-state index contributed by atoms with van der Waals surface area (Å²) in [5.74, 6) is 0. The summed E-state index contributed by atoms with van der Waals surface area (Å²) >= 11 is 0. The maximum Gasteiger partial charge on any atom is -0.0169 e. The third-order valence-electron chi connectivity index (χ3n) is 5.94. The zero-order chi connectivity index (χ0) is 17.4. The first-order chi connectivity index (χ1) is 11.7. The summed E-state index contributed by atoms with van der Waals surface area (Å²) in [5.41, 5.74) is 4.20. The highest BCUT2D eigenvalue weighted by molar-refractivity contribution is 7.67. The SMILES string of the molecule is CC[C@@H]1CC[C@@H](CC)P1.CC[C@@H]1CC[C@@H](CC)P1c1ccccc1. The number of hydrogen-bond acceptors (Lipinski definition) is 0. The number of benzene rings is 1. The van der Waals surface area contributed by atoms with Crippen LogP contribution in [0.4, 0.5) is 0 Å². The molecule has 24 heavy (non-hydrogen) atoms. The second kappa shape index (κ2) is 10.9. The molecule has 0 N–H and O–H groups in total. The van der Waals surface area contributed by atoms with Gasteiger partial charge in [0.2, 0.25) is 0 Å². The fourth-order valence-electron chi connectivity index (χ4n) is 4.33. The van der Waals surface area contributed by atoms with Crippen LogP contribution in [0.3, 0.4) is 0 Å². The molecule has 2 fully saturated rings. The van der Waals surface area contributed by atoms with Crippen LogP contribution in [0.15, 0.2) is 30.3 Å². The highest BCUT2D eigenvalue weighted by Gasteiger charge is 2.34. The lowest BCUT2D eigenvalue weighted by Crippen LogP contribution is -2.13. The molecule has 2 aliphatic rings. The smallest absolute Gasteiger partial charge is 0.0169 e. The predicted molar refractivity (Wildman–Crippen MR) is 116 cm³/mol. The van der Waals surface area contributed by atoms with Gasteiger partial charge in [0, 0.05) is 0 Å². The van der Waals surface area contributed by atoms with Crippen molar-refractivity contribution < 1.29 is 0 Å². The summed E-state index contributed by atoms with van der Waals surface area (Å²) in [4.78, 5) is 0. The van der Waals surface area contributed by atoms with Crippen molar-refractivity contribution >= 4 is 21.8 Å². The molecule has 4 atom stereocenters. The van der Waals surface area contributed by atoms with Gasteiger partial charge in [0.15, 0.2) is 0 Å². The molecule has 2 heterocycles. The third-order valence-corrected chi connectivity index (χ3v) is 12.0. The second-order valence-corrected chi connectivity index (χ2v) is 12.2. The van der Waals surface area contributed by atoms with E-state index >= 15 is 0 Å². The lowest BCUT2D eigenvalue weighted by molar-refractivity contribution is 0.696. The van der Waals surface area contributed by atoms with Gasteiger partial charge in [0.05, 0.1) is 0 Å². The summed E-state index contributed by atoms with van der Waals surface area (Å²) in [6, 6.07) is 11.2. The van der Waals surface area contributed by atoms with Gasteiger partial charge >= 0.3 is 0 Å². The van der Waals surface area contributed by atoms with Crippen LogP contribution in [0.25, 0.3) is 0 Å². The molecule has 0 spiro atoms. The van der Waals surface area contributed by atoms with Gasteiger partial charge in [0.1, 0.15) is 0 Å². The summed E-state index contributed by atoms with van der Waals surface area (Å²) in [6.45, 7) is 9.38. The quantitative estimate of drug-likeness (QED) is 0.486. The summed E-state index contributed by atoms with van der Waals surface area (Å²) in [6.07, 6.45) is 11.6. The number of hydrogen-bond donors (Lipinski definition) is 0. The van der Waals surface area contributed by atoms with Gasteiger partial charge in [-0.3, -0.25) is 0 Å². The Bertz CT molecular complexity index is 423. The first-order valence-corrected chi connectivity index (χ1v) is 13.0. The van der Waals surface area contributed by atoms with Gasteiger partial charge < -0.3 is 0 Å². The van der Waals surface area contributed by atoms with Crippen LogP contribution >= 0.6 is 16.5 Å². The third kappa shape index (κ3) is 5.54. The van der Waals surface area contributed by atoms with E-state index in [0.29, 0.717) is 0 Å². The molecule has 2 heteroatoms. The average Bonchev–Trinajstić information content (AvgIpc) is 3.28. The van der Waals surface area contributed by atoms with E-state index in [4.69, 9.17) is 0 Å². The minimum Gasteiger partial charge on any atom is -0.116 e. The largest absolute Gasteiger partial charge is 0.116 e. The zero-order valence-corrected chi connectivity index (χ0v) is 18.2. The predicted octanol–water partition coefficient (Wildman–Crippen LogP) is 7.16.